The summed E-state index contributed by atoms with van der Waals surface area (Å²) in [5.74, 6) is 1.01. The van der Waals surface area contributed by atoms with Crippen molar-refractivity contribution in [2.75, 3.05) is 12.3 Å². The van der Waals surface area contributed by atoms with Crippen molar-refractivity contribution in [3.05, 3.63) is 65.2 Å². The van der Waals surface area contributed by atoms with Crippen molar-refractivity contribution in [2.45, 2.75) is 63.0 Å². The number of rotatable bonds is 10. The highest BCUT2D eigenvalue weighted by molar-refractivity contribution is 7.99. The Balaban J connectivity index is 1.54. The van der Waals surface area contributed by atoms with E-state index in [1.165, 1.54) is 16.0 Å². The van der Waals surface area contributed by atoms with E-state index >= 15 is 0 Å². The molecular weight excluding hydrogens is 366 g/mol. The van der Waals surface area contributed by atoms with Gasteiger partial charge in [-0.2, -0.15) is 0 Å². The van der Waals surface area contributed by atoms with Crippen molar-refractivity contribution in [2.24, 2.45) is 0 Å². The Kier molecular flexibility index (Phi) is 7.99. The summed E-state index contributed by atoms with van der Waals surface area (Å²) in [5.41, 5.74) is 3.88. The minimum absolute atomic E-state index is 0.0827. The van der Waals surface area contributed by atoms with Gasteiger partial charge in [-0.15, -0.1) is 11.8 Å². The summed E-state index contributed by atoms with van der Waals surface area (Å²) in [7, 11) is 0. The topological polar surface area (TPSA) is 38.3 Å². The minimum atomic E-state index is -0.238. The summed E-state index contributed by atoms with van der Waals surface area (Å²) in [6.07, 6.45) is 4.63. The smallest absolute Gasteiger partial charge is 0.306 e. The molecule has 150 valence electrons. The van der Waals surface area contributed by atoms with Crippen LogP contribution in [0.5, 0.6) is 0 Å². The van der Waals surface area contributed by atoms with Gasteiger partial charge < -0.3 is 10.1 Å². The van der Waals surface area contributed by atoms with Gasteiger partial charge in [-0.25, -0.2) is 0 Å². The van der Waals surface area contributed by atoms with Crippen LogP contribution in [-0.4, -0.2) is 24.3 Å². The second-order valence-electron chi connectivity index (χ2n) is 7.42. The molecule has 0 saturated carbocycles. The number of benzene rings is 2. The Morgan fingerprint density at radius 3 is 2.79 bits per heavy atom. The maximum atomic E-state index is 12.0. The number of thioether (sulfide) groups is 1. The van der Waals surface area contributed by atoms with Crippen LogP contribution in [0.3, 0.4) is 0 Å². The number of nitrogens with one attached hydrogen (secondary N) is 1. The average molecular weight is 398 g/mol. The second-order valence-corrected chi connectivity index (χ2v) is 8.55. The molecule has 0 radical (unpaired) electrons. The summed E-state index contributed by atoms with van der Waals surface area (Å²) in [6, 6.07) is 17.2. The third-order valence-corrected chi connectivity index (χ3v) is 6.36. The first-order chi connectivity index (χ1) is 13.7. The van der Waals surface area contributed by atoms with Crippen LogP contribution in [-0.2, 0) is 22.4 Å². The third-order valence-electron chi connectivity index (χ3n) is 5.24. The van der Waals surface area contributed by atoms with Crippen molar-refractivity contribution in [1.29, 1.82) is 0 Å². The summed E-state index contributed by atoms with van der Waals surface area (Å²) in [4.78, 5) is 13.4. The number of esters is 1. The van der Waals surface area contributed by atoms with Gasteiger partial charge in [0.25, 0.3) is 0 Å². The van der Waals surface area contributed by atoms with Gasteiger partial charge in [0.05, 0.1) is 0 Å². The van der Waals surface area contributed by atoms with Crippen molar-refractivity contribution >= 4 is 17.7 Å². The average Bonchev–Trinajstić information content (AvgIpc) is 3.20. The van der Waals surface area contributed by atoms with Gasteiger partial charge in [-0.3, -0.25) is 4.79 Å². The maximum Gasteiger partial charge on any atom is 0.306 e. The number of carbonyl (C=O) groups is 1. The molecule has 1 aliphatic rings. The van der Waals surface area contributed by atoms with Crippen molar-refractivity contribution < 1.29 is 9.53 Å². The van der Waals surface area contributed by atoms with Crippen molar-refractivity contribution in [3.63, 3.8) is 0 Å². The minimum Gasteiger partial charge on any atom is -0.456 e. The van der Waals surface area contributed by atoms with Gasteiger partial charge in [0, 0.05) is 23.1 Å². The highest BCUT2D eigenvalue weighted by atomic mass is 32.2. The number of fused-ring (bicyclic) bond motifs is 1. The molecule has 0 aromatic heterocycles. The Bertz CT molecular complexity index is 762. The van der Waals surface area contributed by atoms with Crippen molar-refractivity contribution in [3.8, 4) is 0 Å². The summed E-state index contributed by atoms with van der Waals surface area (Å²) < 4.78 is 5.83. The van der Waals surface area contributed by atoms with Gasteiger partial charge in [0.2, 0.25) is 0 Å². The second kappa shape index (κ2) is 10.7. The van der Waals surface area contributed by atoms with Gasteiger partial charge in [-0.1, -0.05) is 49.4 Å². The van der Waals surface area contributed by atoms with Gasteiger partial charge in [0.15, 0.2) is 0 Å². The number of ether oxygens (including phenoxy) is 1. The summed E-state index contributed by atoms with van der Waals surface area (Å²) in [6.45, 7) is 4.89. The molecule has 28 heavy (non-hydrogen) atoms. The van der Waals surface area contributed by atoms with Crippen LogP contribution in [0.15, 0.2) is 53.4 Å². The van der Waals surface area contributed by atoms with E-state index in [0.717, 1.165) is 43.5 Å². The molecule has 0 bridgehead atoms. The highest BCUT2D eigenvalue weighted by Gasteiger charge is 2.24. The van der Waals surface area contributed by atoms with E-state index in [1.54, 1.807) is 0 Å². The zero-order chi connectivity index (χ0) is 19.8. The quantitative estimate of drug-likeness (QED) is 0.434. The zero-order valence-corrected chi connectivity index (χ0v) is 17.8. The lowest BCUT2D eigenvalue weighted by Gasteiger charge is -2.26. The number of hydrogen-bond donors (Lipinski definition) is 1. The molecule has 2 unspecified atom stereocenters. The molecule has 3 rings (SSSR count). The maximum absolute atomic E-state index is 12.0. The van der Waals surface area contributed by atoms with E-state index in [1.807, 2.05) is 18.7 Å². The molecule has 1 aliphatic heterocycles. The molecule has 0 aliphatic carbocycles. The Labute approximate surface area is 173 Å². The monoisotopic (exact) mass is 397 g/mol. The van der Waals surface area contributed by atoms with Gasteiger partial charge in [0.1, 0.15) is 6.10 Å². The van der Waals surface area contributed by atoms with E-state index in [-0.39, 0.29) is 18.1 Å². The number of unbranched alkanes of at least 4 members (excludes halogenated alkanes) is 1. The molecule has 1 N–H and O–H groups in total. The van der Waals surface area contributed by atoms with E-state index in [4.69, 9.17) is 4.74 Å². The van der Waals surface area contributed by atoms with Crippen LogP contribution < -0.4 is 5.32 Å². The lowest BCUT2D eigenvalue weighted by atomic mass is 9.99. The first-order valence-corrected chi connectivity index (χ1v) is 11.4. The van der Waals surface area contributed by atoms with Crippen LogP contribution >= 0.6 is 11.8 Å². The van der Waals surface area contributed by atoms with E-state index in [2.05, 4.69) is 60.8 Å². The fourth-order valence-electron chi connectivity index (χ4n) is 3.60. The van der Waals surface area contributed by atoms with Crippen LogP contribution in [0, 0.1) is 0 Å². The predicted octanol–water partition coefficient (Wildman–Crippen LogP) is 5.33. The first kappa shape index (κ1) is 20.9. The Hall–Kier alpha value is -1.78. The number of hydrogen-bond acceptors (Lipinski definition) is 4. The Morgan fingerprint density at radius 2 is 2.00 bits per heavy atom. The largest absolute Gasteiger partial charge is 0.456 e. The molecule has 3 nitrogen and oxygen atoms in total. The molecule has 1 heterocycles. The molecule has 0 amide bonds. The molecule has 0 spiro atoms. The van der Waals surface area contributed by atoms with Gasteiger partial charge in [-0.05, 0) is 61.9 Å². The molecule has 2 atom stereocenters. The lowest BCUT2D eigenvalue weighted by Crippen LogP contribution is -2.35. The molecule has 2 aromatic carbocycles. The fourth-order valence-corrected chi connectivity index (χ4v) is 4.66. The molecular formula is C24H31NO2S. The number of carbonyl (C=O) groups excluding carboxylic acids is 1. The normalized spacial score (nSPS) is 15.1. The third kappa shape index (κ3) is 5.86. The molecule has 0 saturated heterocycles. The Morgan fingerprint density at radius 1 is 1.18 bits per heavy atom. The molecule has 4 heteroatoms. The highest BCUT2D eigenvalue weighted by Crippen LogP contribution is 2.34. The predicted molar refractivity (Wildman–Crippen MR) is 117 cm³/mol. The summed E-state index contributed by atoms with van der Waals surface area (Å²) in [5, 5.41) is 3.58. The van der Waals surface area contributed by atoms with E-state index in [0.29, 0.717) is 6.42 Å². The van der Waals surface area contributed by atoms with Crippen LogP contribution in [0.4, 0.5) is 0 Å². The standard InChI is InChI=1S/C24H31NO2S/c1-3-23(26)27-24(21-12-13-22-20(17-21)14-16-28-22)18(2)25-15-8-7-11-19-9-5-4-6-10-19/h4-6,9-10,12-13,17-18,24-25H,3,7-8,11,14-16H2,1-2H3. The van der Waals surface area contributed by atoms with Gasteiger partial charge >= 0.3 is 5.97 Å². The zero-order valence-electron chi connectivity index (χ0n) is 16.9. The number of aryl methyl sites for hydroxylation is 2. The summed E-state index contributed by atoms with van der Waals surface area (Å²) >= 11 is 1.91. The van der Waals surface area contributed by atoms with Crippen LogP contribution in [0.2, 0.25) is 0 Å². The fraction of sp³-hybridized carbons (Fsp3) is 0.458. The van der Waals surface area contributed by atoms with Crippen molar-refractivity contribution in [1.82, 2.24) is 5.32 Å². The lowest BCUT2D eigenvalue weighted by molar-refractivity contribution is -0.150. The van der Waals surface area contributed by atoms with E-state index < -0.39 is 0 Å². The molecule has 0 fully saturated rings. The van der Waals surface area contributed by atoms with Crippen LogP contribution in [0.1, 0.15) is 55.9 Å². The first-order valence-electron chi connectivity index (χ1n) is 10.4. The SMILES string of the molecule is CCC(=O)OC(c1ccc2c(c1)CCS2)C(C)NCCCCc1ccccc1. The molecule has 2 aromatic rings. The van der Waals surface area contributed by atoms with E-state index in [9.17, 15) is 4.79 Å². The van der Waals surface area contributed by atoms with Crippen LogP contribution in [0.25, 0.3) is 0 Å².